The summed E-state index contributed by atoms with van der Waals surface area (Å²) < 4.78 is 15.6. The molecule has 0 N–H and O–H groups in total. The molecular formula is C58H37N3O. The molecule has 1 aliphatic rings. The van der Waals surface area contributed by atoms with Gasteiger partial charge in [-0.05, 0) is 91.5 Å². The molecule has 1 aliphatic carbocycles. The van der Waals surface area contributed by atoms with Gasteiger partial charge in [0.1, 0.15) is 11.2 Å². The van der Waals surface area contributed by atoms with Crippen molar-refractivity contribution in [2.45, 2.75) is 5.92 Å². The number of fused-ring (bicyclic) bond motifs is 6. The lowest BCUT2D eigenvalue weighted by Crippen LogP contribution is -2.01. The van der Waals surface area contributed by atoms with Gasteiger partial charge in [-0.2, -0.15) is 0 Å². The van der Waals surface area contributed by atoms with Crippen LogP contribution in [0.2, 0.25) is 0 Å². The van der Waals surface area contributed by atoms with Crippen LogP contribution in [0.3, 0.4) is 0 Å². The second-order valence-electron chi connectivity index (χ2n) is 15.8. The van der Waals surface area contributed by atoms with Crippen molar-refractivity contribution in [2.24, 2.45) is 0 Å². The summed E-state index contributed by atoms with van der Waals surface area (Å²) in [5.74, 6) is 1.85. The van der Waals surface area contributed by atoms with Crippen molar-refractivity contribution in [3.05, 3.63) is 235 Å². The molecule has 2 aromatic heterocycles. The van der Waals surface area contributed by atoms with Crippen molar-refractivity contribution in [2.75, 3.05) is 0 Å². The molecule has 12 rings (SSSR count). The maximum atomic E-state index is 9.18. The van der Waals surface area contributed by atoms with E-state index >= 15 is 0 Å². The van der Waals surface area contributed by atoms with Crippen LogP contribution in [0, 0.1) is 0 Å². The summed E-state index contributed by atoms with van der Waals surface area (Å²) in [6.45, 7) is 0. The van der Waals surface area contributed by atoms with Crippen LogP contribution in [0.1, 0.15) is 24.0 Å². The first-order chi connectivity index (χ1) is 31.1. The number of rotatable bonds is 7. The molecule has 11 aromatic rings. The van der Waals surface area contributed by atoms with Crippen molar-refractivity contribution < 1.29 is 5.79 Å². The Hall–Kier alpha value is -8.21. The van der Waals surface area contributed by atoms with Crippen LogP contribution >= 0.6 is 0 Å². The van der Waals surface area contributed by atoms with Crippen LogP contribution in [-0.2, 0) is 0 Å². The predicted octanol–water partition coefficient (Wildman–Crippen LogP) is 14.9. The lowest BCUT2D eigenvalue weighted by Gasteiger charge is -2.14. The van der Waals surface area contributed by atoms with Crippen molar-refractivity contribution >= 4 is 21.9 Å². The Morgan fingerprint density at radius 3 is 1.63 bits per heavy atom. The third kappa shape index (κ3) is 6.20. The molecule has 4 heteroatoms. The highest BCUT2D eigenvalue weighted by Gasteiger charge is 2.30. The zero-order chi connectivity index (χ0) is 41.9. The van der Waals surface area contributed by atoms with E-state index in [1.54, 1.807) is 0 Å². The standard InChI is InChI=1S/C58H37N3O/c1-4-14-37(15-5-1)42-20-12-21-43(34-42)38-26-28-39(29-27-38)44-31-33-52-51(35-44)55-49(24-13-25-53(55)62-52)58-60-56(41-18-8-3-9-19-41)59-57(61-58)45-30-32-48-50(36-45)46-22-10-11-23-47(46)54(48)40-16-6-2-7-17-40/h1-36,54H/i33D. The fourth-order valence-electron chi connectivity index (χ4n) is 9.16. The third-order valence-electron chi connectivity index (χ3n) is 12.2. The lowest BCUT2D eigenvalue weighted by atomic mass is 9.89. The van der Waals surface area contributed by atoms with Crippen LogP contribution in [0.15, 0.2) is 223 Å². The number of nitrogens with zero attached hydrogens (tertiary/aromatic N) is 3. The van der Waals surface area contributed by atoms with Gasteiger partial charge in [0.2, 0.25) is 0 Å². The highest BCUT2D eigenvalue weighted by Crippen LogP contribution is 2.49. The quantitative estimate of drug-likeness (QED) is 0.161. The second-order valence-corrected chi connectivity index (χ2v) is 15.8. The molecular weight excluding hydrogens is 755 g/mol. The van der Waals surface area contributed by atoms with E-state index in [0.29, 0.717) is 34.7 Å². The van der Waals surface area contributed by atoms with Gasteiger partial charge in [0.25, 0.3) is 0 Å². The monoisotopic (exact) mass is 792 g/mol. The van der Waals surface area contributed by atoms with E-state index in [4.69, 9.17) is 19.4 Å². The zero-order valence-electron chi connectivity index (χ0n) is 34.5. The third-order valence-corrected chi connectivity index (χ3v) is 12.2. The fraction of sp³-hybridized carbons (Fsp3) is 0.0172. The van der Waals surface area contributed by atoms with Gasteiger partial charge in [0.05, 0.1) is 1.37 Å². The van der Waals surface area contributed by atoms with Crippen LogP contribution in [0.5, 0.6) is 0 Å². The molecule has 0 spiro atoms. The van der Waals surface area contributed by atoms with E-state index in [1.165, 1.54) is 38.9 Å². The number of benzene rings is 9. The van der Waals surface area contributed by atoms with Crippen LogP contribution in [0.4, 0.5) is 0 Å². The van der Waals surface area contributed by atoms with Crippen molar-refractivity contribution in [1.82, 2.24) is 15.0 Å². The van der Waals surface area contributed by atoms with Gasteiger partial charge in [-0.3, -0.25) is 0 Å². The largest absolute Gasteiger partial charge is 0.456 e. The van der Waals surface area contributed by atoms with Gasteiger partial charge in [0.15, 0.2) is 17.5 Å². The minimum Gasteiger partial charge on any atom is -0.456 e. The molecule has 1 atom stereocenters. The number of aromatic nitrogens is 3. The van der Waals surface area contributed by atoms with Gasteiger partial charge in [-0.1, -0.05) is 188 Å². The minimum atomic E-state index is 0.147. The van der Waals surface area contributed by atoms with E-state index in [0.717, 1.165) is 49.7 Å². The Balaban J connectivity index is 0.973. The van der Waals surface area contributed by atoms with Crippen LogP contribution in [0.25, 0.3) is 101 Å². The Morgan fingerprint density at radius 1 is 0.355 bits per heavy atom. The second kappa shape index (κ2) is 14.8. The van der Waals surface area contributed by atoms with E-state index < -0.39 is 0 Å². The maximum absolute atomic E-state index is 9.18. The summed E-state index contributed by atoms with van der Waals surface area (Å²) in [5.41, 5.74) is 16.7. The van der Waals surface area contributed by atoms with Crippen molar-refractivity contribution in [3.8, 4) is 78.7 Å². The van der Waals surface area contributed by atoms with Gasteiger partial charge in [-0.25, -0.2) is 15.0 Å². The van der Waals surface area contributed by atoms with Gasteiger partial charge in [-0.15, -0.1) is 0 Å². The Labute approximate surface area is 360 Å². The molecule has 62 heavy (non-hydrogen) atoms. The first kappa shape index (κ1) is 34.6. The molecule has 0 saturated carbocycles. The SMILES string of the molecule is [2H]c1cc(-c2ccc(-c3cccc(-c4ccccc4)c3)cc2)cc2c1oc1cccc(-c3nc(-c4ccccc4)nc(-c4ccc5c(c4)-c4ccccc4C5c4ccccc4)n3)c12. The highest BCUT2D eigenvalue weighted by atomic mass is 16.3. The smallest absolute Gasteiger partial charge is 0.164 e. The molecule has 0 radical (unpaired) electrons. The minimum absolute atomic E-state index is 0.147. The van der Waals surface area contributed by atoms with E-state index in [2.05, 4.69) is 152 Å². The topological polar surface area (TPSA) is 51.8 Å². The number of hydrogen-bond donors (Lipinski definition) is 0. The van der Waals surface area contributed by atoms with E-state index in [-0.39, 0.29) is 5.92 Å². The first-order valence-electron chi connectivity index (χ1n) is 21.5. The van der Waals surface area contributed by atoms with Gasteiger partial charge < -0.3 is 4.42 Å². The molecule has 2 heterocycles. The Morgan fingerprint density at radius 2 is 0.887 bits per heavy atom. The molecule has 0 amide bonds. The number of hydrogen-bond acceptors (Lipinski definition) is 4. The fourth-order valence-corrected chi connectivity index (χ4v) is 9.16. The average Bonchev–Trinajstić information content (AvgIpc) is 3.91. The van der Waals surface area contributed by atoms with E-state index in [1.807, 2.05) is 60.7 Å². The summed E-state index contributed by atoms with van der Waals surface area (Å²) in [7, 11) is 0. The predicted molar refractivity (Wildman–Crippen MR) is 253 cm³/mol. The molecule has 4 nitrogen and oxygen atoms in total. The van der Waals surface area contributed by atoms with Crippen LogP contribution < -0.4 is 0 Å². The molecule has 290 valence electrons. The maximum Gasteiger partial charge on any atom is 0.164 e. The molecule has 0 saturated heterocycles. The Kier molecular flexibility index (Phi) is 8.27. The first-order valence-corrected chi connectivity index (χ1v) is 21.0. The lowest BCUT2D eigenvalue weighted by molar-refractivity contribution is 0.669. The number of furan rings is 1. The molecule has 9 aromatic carbocycles. The highest BCUT2D eigenvalue weighted by molar-refractivity contribution is 6.12. The van der Waals surface area contributed by atoms with Crippen molar-refractivity contribution in [1.29, 1.82) is 0 Å². The summed E-state index contributed by atoms with van der Waals surface area (Å²) in [6, 6.07) is 74.1. The van der Waals surface area contributed by atoms with Gasteiger partial charge in [0, 0.05) is 33.4 Å². The average molecular weight is 793 g/mol. The van der Waals surface area contributed by atoms with Crippen LogP contribution in [-0.4, -0.2) is 15.0 Å². The summed E-state index contributed by atoms with van der Waals surface area (Å²) in [6.07, 6.45) is 0. The van der Waals surface area contributed by atoms with E-state index in [9.17, 15) is 1.37 Å². The normalized spacial score (nSPS) is 13.2. The Bertz CT molecular complexity index is 3510. The molecule has 0 fully saturated rings. The summed E-state index contributed by atoms with van der Waals surface area (Å²) in [4.78, 5) is 15.5. The molecule has 0 bridgehead atoms. The molecule has 1 unspecified atom stereocenters. The van der Waals surface area contributed by atoms with Gasteiger partial charge >= 0.3 is 0 Å². The molecule has 0 aliphatic heterocycles. The summed E-state index contributed by atoms with van der Waals surface area (Å²) in [5, 5.41) is 1.70. The van der Waals surface area contributed by atoms with Crippen molar-refractivity contribution in [3.63, 3.8) is 0 Å². The summed E-state index contributed by atoms with van der Waals surface area (Å²) >= 11 is 0. The zero-order valence-corrected chi connectivity index (χ0v) is 33.5.